The maximum atomic E-state index is 13.7. The molecule has 5 aromatic rings. The third-order valence-electron chi connectivity index (χ3n) is 8.41. The molecule has 3 aromatic heterocycles. The number of nitriles is 1. The van der Waals surface area contributed by atoms with Crippen LogP contribution >= 0.6 is 0 Å². The molecule has 11 nitrogen and oxygen atoms in total. The number of carbonyl (C=O) groups is 2. The standard InChI is InChI=1S/C36H35N9O2/c1-24(46)26-8-10-27(11-9-26)34-29(18-37)21-39-35(43-34)42-31-13-15-32(16-14-31)45(36(47)40-19-25-6-4-3-5-7-25)33-17-12-28(20-38-33)30-22-41-44(2)23-30/h3-12,17,20-23,31-32H,13-16,19H2,1-2H3,(H,40,47)(H,39,42,43)/t31-,32-. The van der Waals surface area contributed by atoms with Crippen LogP contribution in [-0.2, 0) is 13.6 Å². The van der Waals surface area contributed by atoms with E-state index in [2.05, 4.69) is 31.8 Å². The van der Waals surface area contributed by atoms with Gasteiger partial charge in [-0.2, -0.15) is 10.4 Å². The molecule has 0 unspecified atom stereocenters. The Morgan fingerprint density at radius 3 is 2.30 bits per heavy atom. The summed E-state index contributed by atoms with van der Waals surface area (Å²) in [4.78, 5) is 41.0. The van der Waals surface area contributed by atoms with Crippen molar-refractivity contribution in [3.8, 4) is 28.5 Å². The zero-order valence-corrected chi connectivity index (χ0v) is 26.3. The van der Waals surface area contributed by atoms with E-state index in [1.54, 1.807) is 46.2 Å². The van der Waals surface area contributed by atoms with Crippen molar-refractivity contribution in [1.29, 1.82) is 5.26 Å². The maximum Gasteiger partial charge on any atom is 0.323 e. The van der Waals surface area contributed by atoms with E-state index in [1.165, 1.54) is 13.1 Å². The van der Waals surface area contributed by atoms with Crippen LogP contribution in [0, 0.1) is 11.3 Å². The second-order valence-corrected chi connectivity index (χ2v) is 11.7. The van der Waals surface area contributed by atoms with Crippen LogP contribution in [0.25, 0.3) is 22.4 Å². The van der Waals surface area contributed by atoms with Crippen LogP contribution in [0.3, 0.4) is 0 Å². The first-order valence-electron chi connectivity index (χ1n) is 15.6. The first kappa shape index (κ1) is 31.1. The monoisotopic (exact) mass is 625 g/mol. The number of ketones is 1. The molecule has 0 spiro atoms. The third-order valence-corrected chi connectivity index (χ3v) is 8.41. The van der Waals surface area contributed by atoms with Gasteiger partial charge in [-0.3, -0.25) is 14.4 Å². The van der Waals surface area contributed by atoms with Gasteiger partial charge in [-0.1, -0.05) is 54.6 Å². The maximum absolute atomic E-state index is 13.7. The number of hydrogen-bond donors (Lipinski definition) is 2. The van der Waals surface area contributed by atoms with E-state index in [0.29, 0.717) is 35.1 Å². The Morgan fingerprint density at radius 2 is 1.66 bits per heavy atom. The average molecular weight is 626 g/mol. The third kappa shape index (κ3) is 7.34. The number of anilines is 2. The number of Topliss-reactive ketones (excluding diaryl/α,β-unsaturated/α-hetero) is 1. The number of nitrogens with one attached hydrogen (secondary N) is 2. The summed E-state index contributed by atoms with van der Waals surface area (Å²) in [5, 5.41) is 20.5. The highest BCUT2D eigenvalue weighted by Gasteiger charge is 2.31. The van der Waals surface area contributed by atoms with Crippen LogP contribution in [0.15, 0.2) is 91.5 Å². The number of nitrogens with zero attached hydrogens (tertiary/aromatic N) is 7. The van der Waals surface area contributed by atoms with Crippen molar-refractivity contribution in [3.63, 3.8) is 0 Å². The van der Waals surface area contributed by atoms with Gasteiger partial charge >= 0.3 is 6.03 Å². The van der Waals surface area contributed by atoms with Crippen LogP contribution in [0.2, 0.25) is 0 Å². The summed E-state index contributed by atoms with van der Waals surface area (Å²) in [6, 6.07) is 22.8. The molecule has 0 saturated heterocycles. The quantitative estimate of drug-likeness (QED) is 0.186. The van der Waals surface area contributed by atoms with E-state index in [9.17, 15) is 14.9 Å². The number of amides is 2. The fourth-order valence-electron chi connectivity index (χ4n) is 5.86. The van der Waals surface area contributed by atoms with Gasteiger partial charge in [0.2, 0.25) is 5.95 Å². The molecule has 2 aromatic carbocycles. The molecule has 6 rings (SSSR count). The van der Waals surface area contributed by atoms with E-state index in [0.717, 1.165) is 47.9 Å². The predicted octanol–water partition coefficient (Wildman–Crippen LogP) is 6.15. The predicted molar refractivity (Wildman–Crippen MR) is 179 cm³/mol. The lowest BCUT2D eigenvalue weighted by molar-refractivity contribution is 0.101. The highest BCUT2D eigenvalue weighted by Crippen LogP contribution is 2.30. The van der Waals surface area contributed by atoms with E-state index >= 15 is 0 Å². The van der Waals surface area contributed by atoms with Gasteiger partial charge in [0.05, 0.1) is 23.7 Å². The lowest BCUT2D eigenvalue weighted by atomic mass is 9.90. The fourth-order valence-corrected chi connectivity index (χ4v) is 5.86. The van der Waals surface area contributed by atoms with Crippen LogP contribution in [0.4, 0.5) is 16.6 Å². The number of pyridine rings is 1. The largest absolute Gasteiger partial charge is 0.351 e. The van der Waals surface area contributed by atoms with Crippen molar-refractivity contribution in [3.05, 3.63) is 108 Å². The van der Waals surface area contributed by atoms with Gasteiger partial charge in [0, 0.05) is 60.3 Å². The van der Waals surface area contributed by atoms with E-state index in [4.69, 9.17) is 4.98 Å². The Morgan fingerprint density at radius 1 is 0.915 bits per heavy atom. The summed E-state index contributed by atoms with van der Waals surface area (Å²) in [7, 11) is 1.87. The molecule has 0 aliphatic heterocycles. The number of carbonyl (C=O) groups excluding carboxylic acids is 2. The van der Waals surface area contributed by atoms with Crippen LogP contribution in [0.1, 0.15) is 54.1 Å². The lowest BCUT2D eigenvalue weighted by Crippen LogP contribution is -2.49. The Bertz CT molecular complexity index is 1890. The minimum absolute atomic E-state index is 0.0255. The highest BCUT2D eigenvalue weighted by molar-refractivity contribution is 5.94. The molecule has 1 fully saturated rings. The smallest absolute Gasteiger partial charge is 0.323 e. The van der Waals surface area contributed by atoms with Gasteiger partial charge in [0.15, 0.2) is 5.78 Å². The van der Waals surface area contributed by atoms with Crippen molar-refractivity contribution in [2.45, 2.75) is 51.2 Å². The summed E-state index contributed by atoms with van der Waals surface area (Å²) in [6.45, 7) is 1.93. The van der Waals surface area contributed by atoms with Gasteiger partial charge in [0.1, 0.15) is 11.9 Å². The van der Waals surface area contributed by atoms with Gasteiger partial charge < -0.3 is 10.6 Å². The molecule has 47 heavy (non-hydrogen) atoms. The lowest BCUT2D eigenvalue weighted by Gasteiger charge is -2.36. The Kier molecular flexibility index (Phi) is 9.29. The van der Waals surface area contributed by atoms with Gasteiger partial charge in [-0.25, -0.2) is 19.7 Å². The topological polar surface area (TPSA) is 142 Å². The van der Waals surface area contributed by atoms with Gasteiger partial charge in [0.25, 0.3) is 0 Å². The molecule has 11 heteroatoms. The second-order valence-electron chi connectivity index (χ2n) is 11.7. The molecule has 2 N–H and O–H groups in total. The van der Waals surface area contributed by atoms with Crippen LogP contribution < -0.4 is 15.5 Å². The van der Waals surface area contributed by atoms with Crippen LogP contribution in [-0.4, -0.2) is 48.6 Å². The molecule has 1 aliphatic rings. The number of benzene rings is 2. The van der Waals surface area contributed by atoms with Crippen molar-refractivity contribution < 1.29 is 9.59 Å². The van der Waals surface area contributed by atoms with Gasteiger partial charge in [-0.05, 0) is 50.3 Å². The van der Waals surface area contributed by atoms with E-state index < -0.39 is 0 Å². The molecule has 2 amide bonds. The van der Waals surface area contributed by atoms with E-state index in [1.807, 2.05) is 55.7 Å². The Balaban J connectivity index is 1.16. The first-order valence-corrected chi connectivity index (χ1v) is 15.6. The summed E-state index contributed by atoms with van der Waals surface area (Å²) in [5.41, 5.74) is 5.10. The molecule has 236 valence electrons. The van der Waals surface area contributed by atoms with Crippen molar-refractivity contribution in [2.75, 3.05) is 10.2 Å². The molecule has 0 atom stereocenters. The summed E-state index contributed by atoms with van der Waals surface area (Å²) in [6.07, 6.45) is 10.1. The molecule has 1 saturated carbocycles. The minimum atomic E-state index is -0.192. The normalized spacial score (nSPS) is 15.8. The number of aryl methyl sites for hydroxylation is 1. The van der Waals surface area contributed by atoms with Gasteiger partial charge in [-0.15, -0.1) is 0 Å². The number of hydrogen-bond acceptors (Lipinski definition) is 8. The summed E-state index contributed by atoms with van der Waals surface area (Å²) >= 11 is 0. The second kappa shape index (κ2) is 14.0. The van der Waals surface area contributed by atoms with Crippen molar-refractivity contribution in [2.24, 2.45) is 7.05 Å². The minimum Gasteiger partial charge on any atom is -0.351 e. The summed E-state index contributed by atoms with van der Waals surface area (Å²) < 4.78 is 1.75. The Labute approximate surface area is 273 Å². The number of urea groups is 1. The molecular weight excluding hydrogens is 590 g/mol. The molecular formula is C36H35N9O2. The highest BCUT2D eigenvalue weighted by atomic mass is 16.2. The van der Waals surface area contributed by atoms with Crippen LogP contribution in [0.5, 0.6) is 0 Å². The molecule has 1 aliphatic carbocycles. The summed E-state index contributed by atoms with van der Waals surface area (Å²) in [5.74, 6) is 1.00. The van der Waals surface area contributed by atoms with Crippen molar-refractivity contribution in [1.82, 2.24) is 30.0 Å². The number of aromatic nitrogens is 5. The van der Waals surface area contributed by atoms with E-state index in [-0.39, 0.29) is 23.9 Å². The van der Waals surface area contributed by atoms with Crippen molar-refractivity contribution >= 4 is 23.6 Å². The zero-order chi connectivity index (χ0) is 32.8. The molecule has 0 radical (unpaired) electrons. The SMILES string of the molecule is CC(=O)c1ccc(-c2nc(N[C@H]3CC[C@H](N(C(=O)NCc4ccccc4)c4ccc(-c5cnn(C)c5)cn4)CC3)ncc2C#N)cc1. The number of rotatable bonds is 9. The fraction of sp³-hybridized carbons (Fsp3) is 0.250. The average Bonchev–Trinajstić information content (AvgIpc) is 3.55. The molecule has 0 bridgehead atoms. The zero-order valence-electron chi connectivity index (χ0n) is 26.3. The Hall–Kier alpha value is -5.89. The first-order chi connectivity index (χ1) is 22.9. The molecule has 3 heterocycles.